The van der Waals surface area contributed by atoms with Crippen LogP contribution in [0.2, 0.25) is 0 Å². The van der Waals surface area contributed by atoms with Gasteiger partial charge in [-0.3, -0.25) is 4.55 Å². The molecule has 0 bridgehead atoms. The van der Waals surface area contributed by atoms with Gasteiger partial charge in [0, 0.05) is 12.2 Å². The third-order valence-corrected chi connectivity index (χ3v) is 3.43. The summed E-state index contributed by atoms with van der Waals surface area (Å²) in [5.74, 6) is -0.291. The first-order chi connectivity index (χ1) is 8.95. The normalized spacial score (nSPS) is 10.7. The van der Waals surface area contributed by atoms with E-state index < -0.39 is 10.1 Å². The van der Waals surface area contributed by atoms with Crippen LogP contribution in [0.25, 0.3) is 0 Å². The Balaban J connectivity index is 0.00000200. The summed E-state index contributed by atoms with van der Waals surface area (Å²) in [6.07, 6.45) is 0. The molecule has 2 N–H and O–H groups in total. The number of nitrogens with one attached hydrogen (secondary N) is 1. The molecule has 0 aromatic heterocycles. The molecule has 0 aliphatic carbocycles. The third kappa shape index (κ3) is 4.88. The van der Waals surface area contributed by atoms with E-state index in [4.69, 9.17) is 4.55 Å². The van der Waals surface area contributed by atoms with Crippen LogP contribution in [0, 0.1) is 5.82 Å². The summed E-state index contributed by atoms with van der Waals surface area (Å²) in [5.41, 5.74) is 1.61. The van der Waals surface area contributed by atoms with E-state index >= 15 is 0 Å². The Kier molecular flexibility index (Phi) is 6.16. The van der Waals surface area contributed by atoms with E-state index in [2.05, 4.69) is 5.32 Å². The smallest absolute Gasteiger partial charge is 1.00 e. The molecule has 7 heteroatoms. The minimum atomic E-state index is -4.16. The Morgan fingerprint density at radius 2 is 1.60 bits per heavy atom. The van der Waals surface area contributed by atoms with Crippen molar-refractivity contribution >= 4 is 15.8 Å². The number of rotatable bonds is 4. The Labute approximate surface area is 140 Å². The second-order valence-electron chi connectivity index (χ2n) is 3.98. The van der Waals surface area contributed by atoms with Gasteiger partial charge >= 0.3 is 29.6 Å². The molecule has 0 atom stereocenters. The molecule has 0 saturated heterocycles. The van der Waals surface area contributed by atoms with Crippen LogP contribution in [-0.4, -0.2) is 13.0 Å². The molecule has 0 fully saturated rings. The molecule has 2 aromatic carbocycles. The molecule has 2 aromatic rings. The molecular formula is C13H13FNNaO3S. The van der Waals surface area contributed by atoms with Crippen LogP contribution in [0.4, 0.5) is 10.1 Å². The van der Waals surface area contributed by atoms with Gasteiger partial charge in [-0.25, -0.2) is 4.39 Å². The second kappa shape index (κ2) is 7.19. The van der Waals surface area contributed by atoms with Crippen molar-refractivity contribution in [3.8, 4) is 0 Å². The van der Waals surface area contributed by atoms with Crippen molar-refractivity contribution in [2.24, 2.45) is 0 Å². The third-order valence-electron chi connectivity index (χ3n) is 2.56. The zero-order valence-electron chi connectivity index (χ0n) is 11.9. The Bertz CT molecular complexity index is 663. The number of halogens is 1. The van der Waals surface area contributed by atoms with Crippen molar-refractivity contribution in [3.05, 3.63) is 59.9 Å². The van der Waals surface area contributed by atoms with E-state index in [1.165, 1.54) is 24.3 Å². The van der Waals surface area contributed by atoms with E-state index in [1.807, 2.05) is 0 Å². The monoisotopic (exact) mass is 305 g/mol. The van der Waals surface area contributed by atoms with Gasteiger partial charge in [-0.1, -0.05) is 12.1 Å². The van der Waals surface area contributed by atoms with Crippen LogP contribution < -0.4 is 34.9 Å². The van der Waals surface area contributed by atoms with Crippen molar-refractivity contribution in [1.29, 1.82) is 0 Å². The molecule has 0 aliphatic rings. The van der Waals surface area contributed by atoms with E-state index in [9.17, 15) is 12.8 Å². The molecule has 0 heterocycles. The van der Waals surface area contributed by atoms with E-state index in [-0.39, 0.29) is 41.7 Å². The minimum absolute atomic E-state index is 0. The Morgan fingerprint density at radius 1 is 1.05 bits per heavy atom. The zero-order chi connectivity index (χ0) is 13.9. The summed E-state index contributed by atoms with van der Waals surface area (Å²) in [7, 11) is -4.16. The largest absolute Gasteiger partial charge is 1.00 e. The first-order valence-corrected chi connectivity index (χ1v) is 6.95. The zero-order valence-corrected chi connectivity index (χ0v) is 13.7. The molecular weight excluding hydrogens is 292 g/mol. The Hall–Kier alpha value is -0.920. The number of benzene rings is 2. The average molecular weight is 305 g/mol. The van der Waals surface area contributed by atoms with Crippen molar-refractivity contribution in [2.75, 3.05) is 5.32 Å². The summed E-state index contributed by atoms with van der Waals surface area (Å²) in [6.45, 7) is 0.492. The molecule has 0 amide bonds. The quantitative estimate of drug-likeness (QED) is 0.606. The molecule has 2 rings (SSSR count). The maximum atomic E-state index is 12.7. The average Bonchev–Trinajstić information content (AvgIpc) is 2.37. The second-order valence-corrected chi connectivity index (χ2v) is 5.40. The van der Waals surface area contributed by atoms with Crippen molar-refractivity contribution in [1.82, 2.24) is 0 Å². The predicted molar refractivity (Wildman–Crippen MR) is 71.1 cm³/mol. The van der Waals surface area contributed by atoms with Gasteiger partial charge < -0.3 is 6.74 Å². The molecule has 0 aliphatic heterocycles. The van der Waals surface area contributed by atoms with Crippen LogP contribution >= 0.6 is 0 Å². The van der Waals surface area contributed by atoms with Gasteiger partial charge in [0.2, 0.25) is 0 Å². The van der Waals surface area contributed by atoms with E-state index in [1.54, 1.807) is 24.3 Å². The number of anilines is 1. The fraction of sp³-hybridized carbons (Fsp3) is 0.0769. The molecule has 0 unspecified atom stereocenters. The van der Waals surface area contributed by atoms with E-state index in [0.29, 0.717) is 12.2 Å². The maximum absolute atomic E-state index is 12.7. The summed E-state index contributed by atoms with van der Waals surface area (Å²) in [5, 5.41) is 3.06. The molecule has 0 spiro atoms. The van der Waals surface area contributed by atoms with Crippen LogP contribution in [0.5, 0.6) is 0 Å². The number of hydrogen-bond donors (Lipinski definition) is 2. The molecule has 102 valence electrons. The van der Waals surface area contributed by atoms with E-state index in [0.717, 1.165) is 5.56 Å². The number of hydrogen-bond acceptors (Lipinski definition) is 3. The summed E-state index contributed by atoms with van der Waals surface area (Å²) < 4.78 is 43.2. The molecule has 20 heavy (non-hydrogen) atoms. The first kappa shape index (κ1) is 17.1. The minimum Gasteiger partial charge on any atom is -1.00 e. The predicted octanol–water partition coefficient (Wildman–Crippen LogP) is -0.199. The summed E-state index contributed by atoms with van der Waals surface area (Å²) >= 11 is 0. The van der Waals surface area contributed by atoms with Crippen molar-refractivity contribution < 1.29 is 48.3 Å². The molecule has 0 radical (unpaired) electrons. The first-order valence-electron chi connectivity index (χ1n) is 5.51. The van der Waals surface area contributed by atoms with Crippen LogP contribution in [0.3, 0.4) is 0 Å². The summed E-state index contributed by atoms with van der Waals surface area (Å²) in [6, 6.07) is 11.8. The van der Waals surface area contributed by atoms with Gasteiger partial charge in [0.05, 0.1) is 4.90 Å². The fourth-order valence-electron chi connectivity index (χ4n) is 1.55. The van der Waals surface area contributed by atoms with Gasteiger partial charge in [-0.15, -0.1) is 0 Å². The molecule has 4 nitrogen and oxygen atoms in total. The Morgan fingerprint density at radius 3 is 2.10 bits per heavy atom. The standard InChI is InChI=1S/C13H12FNO3S.Na.H/c14-11-3-1-10(2-4-11)9-15-12-5-7-13(8-6-12)19(16,17)18;;/h1-8,15H,9H2,(H,16,17,18);;/q;+1;-1. The topological polar surface area (TPSA) is 66.4 Å². The van der Waals surface area contributed by atoms with Gasteiger partial charge in [-0.2, -0.15) is 8.42 Å². The van der Waals surface area contributed by atoms with Crippen molar-refractivity contribution in [2.45, 2.75) is 11.4 Å². The van der Waals surface area contributed by atoms with Crippen molar-refractivity contribution in [3.63, 3.8) is 0 Å². The van der Waals surface area contributed by atoms with Gasteiger partial charge in [0.1, 0.15) is 5.82 Å². The van der Waals surface area contributed by atoms with Gasteiger partial charge in [-0.05, 0) is 42.0 Å². The fourth-order valence-corrected chi connectivity index (χ4v) is 2.03. The van der Waals surface area contributed by atoms with Crippen LogP contribution in [0.15, 0.2) is 53.4 Å². The van der Waals surface area contributed by atoms with Gasteiger partial charge in [0.15, 0.2) is 0 Å². The maximum Gasteiger partial charge on any atom is 1.00 e. The van der Waals surface area contributed by atoms with Crippen LogP contribution in [0.1, 0.15) is 6.99 Å². The SMILES string of the molecule is O=S(=O)(O)c1ccc(NCc2ccc(F)cc2)cc1.[H-].[Na+]. The van der Waals surface area contributed by atoms with Gasteiger partial charge in [0.25, 0.3) is 10.1 Å². The van der Waals surface area contributed by atoms with Crippen LogP contribution in [-0.2, 0) is 16.7 Å². The molecule has 0 saturated carbocycles. The summed E-state index contributed by atoms with van der Waals surface area (Å²) in [4.78, 5) is -0.153.